The third-order valence-corrected chi connectivity index (χ3v) is 6.16. The highest BCUT2D eigenvalue weighted by molar-refractivity contribution is 7.15. The van der Waals surface area contributed by atoms with Crippen molar-refractivity contribution < 1.29 is 9.59 Å². The fraction of sp³-hybridized carbons (Fsp3) is 0.750. The van der Waals surface area contributed by atoms with Crippen LogP contribution in [-0.4, -0.2) is 34.3 Å². The van der Waals surface area contributed by atoms with Gasteiger partial charge < -0.3 is 10.2 Å². The summed E-state index contributed by atoms with van der Waals surface area (Å²) in [6.45, 7) is 6.25. The minimum Gasteiger partial charge on any atom is -0.330 e. The third kappa shape index (κ3) is 6.38. The normalized spacial score (nSPS) is 15.0. The van der Waals surface area contributed by atoms with E-state index in [1.54, 1.807) is 0 Å². The molecule has 0 saturated heterocycles. The molecule has 1 aliphatic carbocycles. The molecule has 26 heavy (non-hydrogen) atoms. The summed E-state index contributed by atoms with van der Waals surface area (Å²) >= 11 is 1.49. The second kappa shape index (κ2) is 10.7. The number of anilines is 1. The van der Waals surface area contributed by atoms with Crippen molar-refractivity contribution in [2.75, 3.05) is 11.9 Å². The maximum absolute atomic E-state index is 12.8. The zero-order chi connectivity index (χ0) is 18.9. The first kappa shape index (κ1) is 20.9. The third-order valence-electron chi connectivity index (χ3n) is 5.17. The summed E-state index contributed by atoms with van der Waals surface area (Å²) in [6.07, 6.45) is 10.5. The van der Waals surface area contributed by atoms with Gasteiger partial charge in [0, 0.05) is 17.3 Å². The van der Waals surface area contributed by atoms with Crippen molar-refractivity contribution in [2.24, 2.45) is 0 Å². The van der Waals surface area contributed by atoms with E-state index in [0.29, 0.717) is 11.6 Å². The van der Waals surface area contributed by atoms with E-state index in [2.05, 4.69) is 17.2 Å². The molecule has 0 spiro atoms. The first-order chi connectivity index (χ1) is 12.5. The van der Waals surface area contributed by atoms with Crippen LogP contribution in [0.4, 0.5) is 5.13 Å². The minimum absolute atomic E-state index is 0.133. The number of hydrogen-bond acceptors (Lipinski definition) is 4. The summed E-state index contributed by atoms with van der Waals surface area (Å²) in [5.74, 6) is 0.000819. The zero-order valence-corrected chi connectivity index (χ0v) is 17.3. The molecule has 1 aromatic heterocycles. The molecule has 0 aliphatic heterocycles. The molecule has 5 nitrogen and oxygen atoms in total. The van der Waals surface area contributed by atoms with Gasteiger partial charge in [-0.25, -0.2) is 4.98 Å². The van der Waals surface area contributed by atoms with Gasteiger partial charge in [0.25, 0.3) is 0 Å². The minimum atomic E-state index is -0.133. The van der Waals surface area contributed by atoms with Crippen LogP contribution in [0.2, 0.25) is 0 Å². The summed E-state index contributed by atoms with van der Waals surface area (Å²) in [6, 6.07) is 0.216. The van der Waals surface area contributed by atoms with Crippen molar-refractivity contribution in [1.82, 2.24) is 9.88 Å². The molecule has 0 atom stereocenters. The lowest BCUT2D eigenvalue weighted by Gasteiger charge is -2.34. The Balaban J connectivity index is 1.95. The fourth-order valence-corrected chi connectivity index (χ4v) is 4.33. The molecule has 0 radical (unpaired) electrons. The topological polar surface area (TPSA) is 62.3 Å². The molecule has 1 heterocycles. The SMILES string of the molecule is CCCCCCC(=O)N(CC(=O)Nc1nc(C)c(C)s1)C1CCCCC1. The Morgan fingerprint density at radius 3 is 2.50 bits per heavy atom. The maximum Gasteiger partial charge on any atom is 0.245 e. The Bertz CT molecular complexity index is 574. The molecule has 1 fully saturated rings. The summed E-state index contributed by atoms with van der Waals surface area (Å²) < 4.78 is 0. The van der Waals surface area contributed by atoms with Crippen molar-refractivity contribution >= 4 is 28.3 Å². The Morgan fingerprint density at radius 2 is 1.88 bits per heavy atom. The van der Waals surface area contributed by atoms with E-state index < -0.39 is 0 Å². The Morgan fingerprint density at radius 1 is 1.15 bits per heavy atom. The molecule has 146 valence electrons. The molecule has 1 aliphatic rings. The number of nitrogens with one attached hydrogen (secondary N) is 1. The van der Waals surface area contributed by atoms with E-state index in [0.717, 1.165) is 55.5 Å². The number of aromatic nitrogens is 1. The number of carbonyl (C=O) groups is 2. The van der Waals surface area contributed by atoms with E-state index in [9.17, 15) is 9.59 Å². The van der Waals surface area contributed by atoms with Crippen LogP contribution >= 0.6 is 11.3 Å². The molecule has 2 amide bonds. The van der Waals surface area contributed by atoms with Gasteiger partial charge in [0.2, 0.25) is 11.8 Å². The van der Waals surface area contributed by atoms with Gasteiger partial charge in [-0.05, 0) is 33.1 Å². The average molecular weight is 380 g/mol. The van der Waals surface area contributed by atoms with Gasteiger partial charge in [-0.1, -0.05) is 45.4 Å². The molecule has 1 N–H and O–H groups in total. The van der Waals surface area contributed by atoms with Gasteiger partial charge in [0.05, 0.1) is 5.69 Å². The van der Waals surface area contributed by atoms with Crippen LogP contribution in [0.3, 0.4) is 0 Å². The van der Waals surface area contributed by atoms with Gasteiger partial charge in [-0.2, -0.15) is 0 Å². The van der Waals surface area contributed by atoms with Crippen molar-refractivity contribution in [3.05, 3.63) is 10.6 Å². The highest BCUT2D eigenvalue weighted by Gasteiger charge is 2.27. The smallest absolute Gasteiger partial charge is 0.245 e. The molecule has 1 saturated carbocycles. The molecular weight excluding hydrogens is 346 g/mol. The van der Waals surface area contributed by atoms with E-state index in [4.69, 9.17) is 0 Å². The lowest BCUT2D eigenvalue weighted by molar-refractivity contribution is -0.137. The molecule has 6 heteroatoms. The highest BCUT2D eigenvalue weighted by Crippen LogP contribution is 2.24. The number of aryl methyl sites for hydroxylation is 2. The van der Waals surface area contributed by atoms with Crippen LogP contribution in [0.25, 0.3) is 0 Å². The summed E-state index contributed by atoms with van der Waals surface area (Å²) in [7, 11) is 0. The number of amides is 2. The number of nitrogens with zero attached hydrogens (tertiary/aromatic N) is 2. The quantitative estimate of drug-likeness (QED) is 0.625. The number of hydrogen-bond donors (Lipinski definition) is 1. The van der Waals surface area contributed by atoms with Crippen molar-refractivity contribution in [3.63, 3.8) is 0 Å². The lowest BCUT2D eigenvalue weighted by Crippen LogP contribution is -2.45. The van der Waals surface area contributed by atoms with Crippen molar-refractivity contribution in [1.29, 1.82) is 0 Å². The van der Waals surface area contributed by atoms with Gasteiger partial charge >= 0.3 is 0 Å². The standard InChI is InChI=1S/C20H33N3O2S/c1-4-5-6-10-13-19(25)23(17-11-8-7-9-12-17)14-18(24)22-20-21-15(2)16(3)26-20/h17H,4-14H2,1-3H3,(H,21,22,24). The van der Waals surface area contributed by atoms with Gasteiger partial charge in [0.1, 0.15) is 6.54 Å². The Hall–Kier alpha value is -1.43. The van der Waals surface area contributed by atoms with Crippen LogP contribution in [0.15, 0.2) is 0 Å². The molecule has 0 aromatic carbocycles. The second-order valence-corrected chi connectivity index (χ2v) is 8.54. The molecule has 0 unspecified atom stereocenters. The molecular formula is C20H33N3O2S. The van der Waals surface area contributed by atoms with Crippen molar-refractivity contribution in [2.45, 2.75) is 91.0 Å². The maximum atomic E-state index is 12.8. The second-order valence-electron chi connectivity index (χ2n) is 7.33. The van der Waals surface area contributed by atoms with Gasteiger partial charge in [-0.15, -0.1) is 11.3 Å². The number of unbranched alkanes of at least 4 members (excludes halogenated alkanes) is 3. The van der Waals surface area contributed by atoms with Crippen LogP contribution < -0.4 is 5.32 Å². The predicted octanol–water partition coefficient (Wildman–Crippen LogP) is 4.83. The highest BCUT2D eigenvalue weighted by atomic mass is 32.1. The number of thiazole rings is 1. The van der Waals surface area contributed by atoms with Crippen LogP contribution in [0.1, 0.15) is 81.7 Å². The Kier molecular flexibility index (Phi) is 8.55. The van der Waals surface area contributed by atoms with E-state index in [1.807, 2.05) is 18.7 Å². The van der Waals surface area contributed by atoms with E-state index >= 15 is 0 Å². The summed E-state index contributed by atoms with van der Waals surface area (Å²) in [4.78, 5) is 32.6. The van der Waals surface area contributed by atoms with Gasteiger partial charge in [0.15, 0.2) is 5.13 Å². The molecule has 1 aromatic rings. The molecule has 2 rings (SSSR count). The van der Waals surface area contributed by atoms with Crippen LogP contribution in [-0.2, 0) is 9.59 Å². The first-order valence-corrected chi connectivity index (χ1v) is 10.9. The lowest BCUT2D eigenvalue weighted by atomic mass is 9.93. The first-order valence-electron chi connectivity index (χ1n) is 10.0. The van der Waals surface area contributed by atoms with E-state index in [1.165, 1.54) is 24.2 Å². The van der Waals surface area contributed by atoms with E-state index in [-0.39, 0.29) is 24.4 Å². The van der Waals surface area contributed by atoms with Crippen molar-refractivity contribution in [3.8, 4) is 0 Å². The largest absolute Gasteiger partial charge is 0.330 e. The average Bonchev–Trinajstić information content (AvgIpc) is 2.94. The Labute approximate surface area is 161 Å². The summed E-state index contributed by atoms with van der Waals surface area (Å²) in [5, 5.41) is 3.51. The monoisotopic (exact) mass is 379 g/mol. The van der Waals surface area contributed by atoms with Gasteiger partial charge in [-0.3, -0.25) is 9.59 Å². The number of rotatable bonds is 9. The van der Waals surface area contributed by atoms with Crippen LogP contribution in [0.5, 0.6) is 0 Å². The zero-order valence-electron chi connectivity index (χ0n) is 16.5. The van der Waals surface area contributed by atoms with Crippen LogP contribution in [0, 0.1) is 13.8 Å². The summed E-state index contributed by atoms with van der Waals surface area (Å²) in [5.41, 5.74) is 0.946. The fourth-order valence-electron chi connectivity index (χ4n) is 3.50. The number of carbonyl (C=O) groups excluding carboxylic acids is 2. The molecule has 0 bridgehead atoms. The predicted molar refractivity (Wildman–Crippen MR) is 108 cm³/mol.